The fourth-order valence-corrected chi connectivity index (χ4v) is 5.24. The van der Waals surface area contributed by atoms with Gasteiger partial charge in [0.2, 0.25) is 0 Å². The molecule has 150 valence electrons. The highest BCUT2D eigenvalue weighted by atomic mass is 16.5. The number of hydrogen-bond donors (Lipinski definition) is 2. The van der Waals surface area contributed by atoms with Gasteiger partial charge in [-0.1, -0.05) is 18.2 Å². The van der Waals surface area contributed by atoms with E-state index < -0.39 is 6.10 Å². The average Bonchev–Trinajstić information content (AvgIpc) is 2.99. The molecule has 2 aliphatic heterocycles. The van der Waals surface area contributed by atoms with Crippen LogP contribution in [0.2, 0.25) is 0 Å². The third kappa shape index (κ3) is 2.95. The van der Waals surface area contributed by atoms with E-state index >= 15 is 0 Å². The Hall–Kier alpha value is -1.60. The van der Waals surface area contributed by atoms with Gasteiger partial charge in [-0.15, -0.1) is 0 Å². The van der Waals surface area contributed by atoms with E-state index in [4.69, 9.17) is 4.74 Å². The van der Waals surface area contributed by atoms with Crippen molar-refractivity contribution in [1.82, 2.24) is 4.90 Å². The molecule has 1 fully saturated rings. The molecule has 2 heterocycles. The number of aliphatic hydroxyl groups is 1. The minimum atomic E-state index is -0.594. The van der Waals surface area contributed by atoms with Crippen molar-refractivity contribution in [3.8, 4) is 11.5 Å². The highest BCUT2D eigenvalue weighted by Crippen LogP contribution is 2.62. The molecule has 6 heteroatoms. The molecule has 1 spiro atoms. The third-order valence-corrected chi connectivity index (χ3v) is 6.15. The van der Waals surface area contributed by atoms with Crippen LogP contribution in [0.15, 0.2) is 24.3 Å². The molecule has 5 rings (SSSR count). The first-order valence-electron chi connectivity index (χ1n) is 9.35. The summed E-state index contributed by atoms with van der Waals surface area (Å²) in [5, 5.41) is 20.6. The SMILES string of the molecule is CN1CC[C@]23c4c5ccc(O)c4O[C@H]2[C@@H](O)C=C[C@H]3[C@H]1C5.COC.COC. The number of hydrogen-bond acceptors (Lipinski definition) is 6. The van der Waals surface area contributed by atoms with Crippen molar-refractivity contribution in [2.75, 3.05) is 42.0 Å². The van der Waals surface area contributed by atoms with Gasteiger partial charge in [-0.2, -0.15) is 0 Å². The third-order valence-electron chi connectivity index (χ3n) is 6.15. The summed E-state index contributed by atoms with van der Waals surface area (Å²) in [5.74, 6) is 1.19. The summed E-state index contributed by atoms with van der Waals surface area (Å²) in [4.78, 5) is 2.43. The molecule has 2 N–H and O–H groups in total. The largest absolute Gasteiger partial charge is 0.504 e. The molecule has 1 aromatic carbocycles. The van der Waals surface area contributed by atoms with Gasteiger partial charge in [0.25, 0.3) is 0 Å². The molecule has 2 aliphatic carbocycles. The van der Waals surface area contributed by atoms with E-state index in [0.717, 1.165) is 19.4 Å². The van der Waals surface area contributed by atoms with Crippen molar-refractivity contribution >= 4 is 0 Å². The number of phenolic OH excluding ortho intramolecular Hbond substituents is 1. The summed E-state index contributed by atoms with van der Waals surface area (Å²) in [6.45, 7) is 1.01. The first-order valence-corrected chi connectivity index (χ1v) is 9.35. The molecule has 0 aromatic heterocycles. The number of likely N-dealkylation sites (N-methyl/N-ethyl adjacent to an activating group) is 1. The molecule has 1 saturated heterocycles. The Bertz CT molecular complexity index is 704. The normalized spacial score (nSPS) is 34.4. The van der Waals surface area contributed by atoms with Crippen LogP contribution in [0.3, 0.4) is 0 Å². The fraction of sp³-hybridized carbons (Fsp3) is 0.619. The predicted octanol–water partition coefficient (Wildman–Crippen LogP) is 1.72. The Morgan fingerprint density at radius 2 is 1.81 bits per heavy atom. The quantitative estimate of drug-likeness (QED) is 0.671. The highest BCUT2D eigenvalue weighted by molar-refractivity contribution is 5.61. The van der Waals surface area contributed by atoms with E-state index in [1.54, 1.807) is 34.5 Å². The van der Waals surface area contributed by atoms with Gasteiger partial charge in [0.15, 0.2) is 11.5 Å². The van der Waals surface area contributed by atoms with Crippen molar-refractivity contribution in [3.63, 3.8) is 0 Å². The van der Waals surface area contributed by atoms with Crippen molar-refractivity contribution in [2.24, 2.45) is 5.92 Å². The molecule has 6 nitrogen and oxygen atoms in total. The molecule has 2 bridgehead atoms. The van der Waals surface area contributed by atoms with Gasteiger partial charge in [-0.3, -0.25) is 0 Å². The number of ether oxygens (including phenoxy) is 3. The van der Waals surface area contributed by atoms with Gasteiger partial charge in [0.1, 0.15) is 12.2 Å². The summed E-state index contributed by atoms with van der Waals surface area (Å²) in [6, 6.07) is 4.23. The smallest absolute Gasteiger partial charge is 0.165 e. The maximum Gasteiger partial charge on any atom is 0.165 e. The standard InChI is InChI=1S/C17H19NO3.2C2H6O/c1-18-7-6-17-10-3-5-13(20)16(17)21-15-12(19)4-2-9(14(15)17)8-11(10)18;2*1-3-2/h2-5,10-11,13,16,19-20H,6-8H2,1H3;2*1-2H3/t10-,11+,13-,16-,17-;;/m0../s1. The van der Waals surface area contributed by atoms with Crippen LogP contribution >= 0.6 is 0 Å². The summed E-state index contributed by atoms with van der Waals surface area (Å²) < 4.78 is 14.6. The number of aromatic hydroxyl groups is 1. The van der Waals surface area contributed by atoms with Crippen LogP contribution in [-0.4, -0.2) is 75.4 Å². The number of likely N-dealkylation sites (tertiary alicyclic amines) is 1. The zero-order valence-electron chi connectivity index (χ0n) is 16.8. The maximum atomic E-state index is 10.4. The van der Waals surface area contributed by atoms with Crippen LogP contribution in [0.1, 0.15) is 17.5 Å². The monoisotopic (exact) mass is 377 g/mol. The molecular weight excluding hydrogens is 346 g/mol. The highest BCUT2D eigenvalue weighted by Gasteiger charge is 2.64. The maximum absolute atomic E-state index is 10.4. The number of phenols is 1. The van der Waals surface area contributed by atoms with Crippen molar-refractivity contribution in [2.45, 2.75) is 36.5 Å². The first-order chi connectivity index (χ1) is 13.0. The summed E-state index contributed by atoms with van der Waals surface area (Å²) in [7, 11) is 8.69. The second-order valence-corrected chi connectivity index (χ2v) is 7.75. The first kappa shape index (κ1) is 20.1. The number of piperidine rings is 1. The average molecular weight is 377 g/mol. The van der Waals surface area contributed by atoms with Crippen LogP contribution in [0.25, 0.3) is 0 Å². The Morgan fingerprint density at radius 3 is 2.48 bits per heavy atom. The molecular formula is C21H31NO5. The second-order valence-electron chi connectivity index (χ2n) is 7.75. The van der Waals surface area contributed by atoms with E-state index in [9.17, 15) is 10.2 Å². The van der Waals surface area contributed by atoms with Crippen LogP contribution in [-0.2, 0) is 21.3 Å². The lowest BCUT2D eigenvalue weighted by atomic mass is 9.53. The van der Waals surface area contributed by atoms with Gasteiger partial charge in [-0.05, 0) is 38.1 Å². The second kappa shape index (κ2) is 7.80. The minimum Gasteiger partial charge on any atom is -0.504 e. The van der Waals surface area contributed by atoms with Gasteiger partial charge in [0, 0.05) is 51.4 Å². The Kier molecular flexibility index (Phi) is 5.82. The van der Waals surface area contributed by atoms with Crippen molar-refractivity contribution < 1.29 is 24.4 Å². The van der Waals surface area contributed by atoms with Crippen LogP contribution < -0.4 is 4.74 Å². The van der Waals surface area contributed by atoms with E-state index in [1.165, 1.54) is 11.1 Å². The summed E-state index contributed by atoms with van der Waals surface area (Å²) in [6.07, 6.45) is 5.18. The Labute approximate surface area is 161 Å². The van der Waals surface area contributed by atoms with Crippen molar-refractivity contribution in [3.05, 3.63) is 35.4 Å². The lowest BCUT2D eigenvalue weighted by Crippen LogP contribution is -2.64. The molecule has 1 aromatic rings. The van der Waals surface area contributed by atoms with E-state index in [-0.39, 0.29) is 17.3 Å². The molecule has 0 unspecified atom stereocenters. The van der Waals surface area contributed by atoms with Gasteiger partial charge < -0.3 is 29.3 Å². The molecule has 4 aliphatic rings. The van der Waals surface area contributed by atoms with E-state index in [2.05, 4.69) is 27.5 Å². The topological polar surface area (TPSA) is 71.4 Å². The lowest BCUT2D eigenvalue weighted by molar-refractivity contribution is -0.0453. The number of rotatable bonds is 0. The van der Waals surface area contributed by atoms with Crippen LogP contribution in [0.4, 0.5) is 0 Å². The van der Waals surface area contributed by atoms with Crippen molar-refractivity contribution in [1.29, 1.82) is 0 Å². The van der Waals surface area contributed by atoms with E-state index in [1.807, 2.05) is 12.1 Å². The van der Waals surface area contributed by atoms with E-state index in [0.29, 0.717) is 17.7 Å². The molecule has 0 amide bonds. The van der Waals surface area contributed by atoms with Crippen LogP contribution in [0.5, 0.6) is 11.5 Å². The summed E-state index contributed by atoms with van der Waals surface area (Å²) in [5.41, 5.74) is 2.29. The van der Waals surface area contributed by atoms with Crippen LogP contribution in [0, 0.1) is 5.92 Å². The predicted molar refractivity (Wildman–Crippen MR) is 103 cm³/mol. The number of methoxy groups -OCH3 is 2. The zero-order chi connectivity index (χ0) is 19.8. The minimum absolute atomic E-state index is 0.160. The molecule has 5 atom stereocenters. The summed E-state index contributed by atoms with van der Waals surface area (Å²) >= 11 is 0. The molecule has 0 saturated carbocycles. The van der Waals surface area contributed by atoms with Gasteiger partial charge >= 0.3 is 0 Å². The van der Waals surface area contributed by atoms with Gasteiger partial charge in [0.05, 0.1) is 0 Å². The fourth-order valence-electron chi connectivity index (χ4n) is 5.24. The zero-order valence-corrected chi connectivity index (χ0v) is 16.8. The number of nitrogens with zero attached hydrogens (tertiary/aromatic N) is 1. The lowest BCUT2D eigenvalue weighted by Gasteiger charge is -2.56. The number of benzene rings is 1. The van der Waals surface area contributed by atoms with Gasteiger partial charge in [-0.25, -0.2) is 0 Å². The Morgan fingerprint density at radius 1 is 1.15 bits per heavy atom. The molecule has 0 radical (unpaired) electrons. The Balaban J connectivity index is 0.000000314. The molecule has 27 heavy (non-hydrogen) atoms. The number of aliphatic hydroxyl groups excluding tert-OH is 1.